The number of halogens is 2. The number of rotatable bonds is 8. The Morgan fingerprint density at radius 3 is 2.82 bits per heavy atom. The number of hydrogen-bond acceptors (Lipinski definition) is 5. The Bertz CT molecular complexity index is 812. The van der Waals surface area contributed by atoms with Crippen LogP contribution in [0.15, 0.2) is 23.2 Å². The number of amides is 3. The molecule has 1 fully saturated rings. The van der Waals surface area contributed by atoms with Crippen LogP contribution in [0.1, 0.15) is 41.6 Å². The Morgan fingerprint density at radius 1 is 1.32 bits per heavy atom. The molecule has 0 spiro atoms. The number of imide groups is 1. The van der Waals surface area contributed by atoms with Gasteiger partial charge >= 0.3 is 0 Å². The van der Waals surface area contributed by atoms with Crippen LogP contribution < -0.4 is 10.1 Å². The van der Waals surface area contributed by atoms with Gasteiger partial charge in [0, 0.05) is 24.9 Å². The van der Waals surface area contributed by atoms with E-state index in [1.54, 1.807) is 18.2 Å². The third-order valence-corrected chi connectivity index (χ3v) is 4.79. The molecule has 2 heterocycles. The molecular weight excluding hydrogens is 372 g/mol. The number of nitrogens with zero attached hydrogens (tertiary/aromatic N) is 2. The lowest BCUT2D eigenvalue weighted by Gasteiger charge is -2.29. The fraction of sp³-hybridized carbons (Fsp3) is 0.474. The standard InChI is InChI=1S/C19H21F2N3O4/c1-22-11-19(20,21)7-2-8-28-13-3-4-14-12(9-13)10-24(18(14)27)15-5-6-16(25)23-17(15)26/h3-4,9,15H,1-2,5-8,10-11H2,(H,23,25,26). The zero-order valence-corrected chi connectivity index (χ0v) is 15.2. The second-order valence-electron chi connectivity index (χ2n) is 6.91. The normalized spacial score (nSPS) is 19.4. The van der Waals surface area contributed by atoms with Crippen LogP contribution in [0.3, 0.4) is 0 Å². The van der Waals surface area contributed by atoms with Gasteiger partial charge < -0.3 is 9.64 Å². The minimum atomic E-state index is -2.89. The first kappa shape index (κ1) is 19.9. The van der Waals surface area contributed by atoms with E-state index in [9.17, 15) is 23.2 Å². The van der Waals surface area contributed by atoms with Crippen LogP contribution in [-0.2, 0) is 16.1 Å². The summed E-state index contributed by atoms with van der Waals surface area (Å²) in [6.45, 7) is 2.81. The first-order valence-corrected chi connectivity index (χ1v) is 9.01. The van der Waals surface area contributed by atoms with Crippen molar-refractivity contribution in [3.63, 3.8) is 0 Å². The number of ether oxygens (including phenoxy) is 1. The second kappa shape index (κ2) is 8.04. The topological polar surface area (TPSA) is 88.1 Å². The molecule has 3 amide bonds. The highest BCUT2D eigenvalue weighted by Crippen LogP contribution is 2.30. The molecular formula is C19H21F2N3O4. The highest BCUT2D eigenvalue weighted by Gasteiger charge is 2.39. The minimum absolute atomic E-state index is 0.107. The average Bonchev–Trinajstić information content (AvgIpc) is 2.95. The van der Waals surface area contributed by atoms with Crippen molar-refractivity contribution in [1.82, 2.24) is 10.2 Å². The van der Waals surface area contributed by atoms with Crippen molar-refractivity contribution < 1.29 is 27.9 Å². The smallest absolute Gasteiger partial charge is 0.267 e. The molecule has 0 aliphatic carbocycles. The molecule has 7 nitrogen and oxygen atoms in total. The molecule has 150 valence electrons. The first-order valence-electron chi connectivity index (χ1n) is 9.01. The Balaban J connectivity index is 1.58. The van der Waals surface area contributed by atoms with Gasteiger partial charge in [-0.05, 0) is 43.3 Å². The Labute approximate surface area is 160 Å². The van der Waals surface area contributed by atoms with E-state index in [0.29, 0.717) is 23.3 Å². The fourth-order valence-corrected chi connectivity index (χ4v) is 3.40. The van der Waals surface area contributed by atoms with Crippen molar-refractivity contribution >= 4 is 24.4 Å². The molecule has 1 saturated heterocycles. The molecule has 0 bridgehead atoms. The third-order valence-electron chi connectivity index (χ3n) is 4.79. The van der Waals surface area contributed by atoms with E-state index < -0.39 is 24.4 Å². The second-order valence-corrected chi connectivity index (χ2v) is 6.91. The summed E-state index contributed by atoms with van der Waals surface area (Å²) in [6, 6.07) is 4.22. The Kier molecular flexibility index (Phi) is 5.71. The van der Waals surface area contributed by atoms with Gasteiger partial charge in [0.15, 0.2) is 0 Å². The number of benzene rings is 1. The van der Waals surface area contributed by atoms with E-state index in [0.717, 1.165) is 0 Å². The molecule has 1 unspecified atom stereocenters. The number of carbonyl (C=O) groups excluding carboxylic acids is 3. The Hall–Kier alpha value is -2.84. The van der Waals surface area contributed by atoms with Gasteiger partial charge in [-0.1, -0.05) is 0 Å². The summed E-state index contributed by atoms with van der Waals surface area (Å²) in [5, 5.41) is 2.25. The van der Waals surface area contributed by atoms with E-state index in [1.165, 1.54) is 4.90 Å². The molecule has 3 rings (SSSR count). The van der Waals surface area contributed by atoms with E-state index in [-0.39, 0.29) is 44.2 Å². The number of nitrogens with one attached hydrogen (secondary N) is 1. The van der Waals surface area contributed by atoms with Gasteiger partial charge in [0.25, 0.3) is 11.8 Å². The van der Waals surface area contributed by atoms with Crippen LogP contribution in [-0.4, -0.2) is 54.5 Å². The molecule has 0 radical (unpaired) electrons. The molecule has 2 aliphatic rings. The zero-order chi connectivity index (χ0) is 20.3. The summed E-state index contributed by atoms with van der Waals surface area (Å²) in [7, 11) is 0. The predicted octanol–water partition coefficient (Wildman–Crippen LogP) is 1.94. The van der Waals surface area contributed by atoms with Crippen molar-refractivity contribution in [2.24, 2.45) is 4.99 Å². The lowest BCUT2D eigenvalue weighted by atomic mass is 10.0. The van der Waals surface area contributed by atoms with E-state index in [1.807, 2.05) is 0 Å². The Morgan fingerprint density at radius 2 is 2.11 bits per heavy atom. The highest BCUT2D eigenvalue weighted by molar-refractivity contribution is 6.05. The molecule has 28 heavy (non-hydrogen) atoms. The van der Waals surface area contributed by atoms with Crippen LogP contribution in [0, 0.1) is 0 Å². The van der Waals surface area contributed by atoms with Crippen molar-refractivity contribution in [2.75, 3.05) is 13.2 Å². The SMILES string of the molecule is C=NCC(F)(F)CCCOc1ccc2c(c1)CN(C1CCC(=O)NC1=O)C2=O. The van der Waals surface area contributed by atoms with E-state index in [4.69, 9.17) is 4.74 Å². The van der Waals surface area contributed by atoms with Gasteiger partial charge in [-0.2, -0.15) is 0 Å². The summed E-state index contributed by atoms with van der Waals surface area (Å²) in [6.07, 6.45) is 0.290. The van der Waals surface area contributed by atoms with Gasteiger partial charge in [0.2, 0.25) is 11.8 Å². The number of piperidine rings is 1. The molecule has 9 heteroatoms. The quantitative estimate of drug-likeness (QED) is 0.415. The van der Waals surface area contributed by atoms with Gasteiger partial charge in [0.05, 0.1) is 6.61 Å². The molecule has 0 aromatic heterocycles. The summed E-state index contributed by atoms with van der Waals surface area (Å²) < 4.78 is 32.2. The van der Waals surface area contributed by atoms with Gasteiger partial charge in [0.1, 0.15) is 18.3 Å². The lowest BCUT2D eigenvalue weighted by Crippen LogP contribution is -2.52. The van der Waals surface area contributed by atoms with Crippen LogP contribution >= 0.6 is 0 Å². The summed E-state index contributed by atoms with van der Waals surface area (Å²) >= 11 is 0. The summed E-state index contributed by atoms with van der Waals surface area (Å²) in [5.74, 6) is -3.49. The lowest BCUT2D eigenvalue weighted by molar-refractivity contribution is -0.136. The third kappa shape index (κ3) is 4.35. The maximum absolute atomic E-state index is 13.4. The molecule has 2 aliphatic heterocycles. The number of hydrogen-bond donors (Lipinski definition) is 1. The molecule has 1 N–H and O–H groups in total. The number of fused-ring (bicyclic) bond motifs is 1. The van der Waals surface area contributed by atoms with Gasteiger partial charge in [-0.15, -0.1) is 0 Å². The van der Waals surface area contributed by atoms with Crippen LogP contribution in [0.5, 0.6) is 5.75 Å². The van der Waals surface area contributed by atoms with Crippen molar-refractivity contribution in [3.8, 4) is 5.75 Å². The first-order chi connectivity index (χ1) is 13.3. The van der Waals surface area contributed by atoms with Crippen molar-refractivity contribution in [2.45, 2.75) is 44.2 Å². The van der Waals surface area contributed by atoms with Crippen molar-refractivity contribution in [1.29, 1.82) is 0 Å². The average molecular weight is 393 g/mol. The van der Waals surface area contributed by atoms with Crippen molar-refractivity contribution in [3.05, 3.63) is 29.3 Å². The van der Waals surface area contributed by atoms with E-state index >= 15 is 0 Å². The number of aliphatic imine (C=N–C) groups is 1. The maximum Gasteiger partial charge on any atom is 0.267 e. The van der Waals surface area contributed by atoms with Gasteiger partial charge in [-0.25, -0.2) is 8.78 Å². The number of carbonyl (C=O) groups is 3. The minimum Gasteiger partial charge on any atom is -0.494 e. The largest absolute Gasteiger partial charge is 0.494 e. The molecule has 1 aromatic rings. The maximum atomic E-state index is 13.4. The zero-order valence-electron chi connectivity index (χ0n) is 15.2. The molecule has 1 aromatic carbocycles. The molecule has 1 atom stereocenters. The molecule has 0 saturated carbocycles. The van der Waals surface area contributed by atoms with E-state index in [2.05, 4.69) is 17.0 Å². The fourth-order valence-electron chi connectivity index (χ4n) is 3.40. The van der Waals surface area contributed by atoms with Crippen LogP contribution in [0.4, 0.5) is 8.78 Å². The predicted molar refractivity (Wildman–Crippen MR) is 96.6 cm³/mol. The monoisotopic (exact) mass is 393 g/mol. The highest BCUT2D eigenvalue weighted by atomic mass is 19.3. The van der Waals surface area contributed by atoms with Gasteiger partial charge in [-0.3, -0.25) is 24.7 Å². The van der Waals surface area contributed by atoms with Crippen LogP contribution in [0.2, 0.25) is 0 Å². The van der Waals surface area contributed by atoms with Crippen LogP contribution in [0.25, 0.3) is 0 Å². The summed E-state index contributed by atoms with van der Waals surface area (Å²) in [4.78, 5) is 40.6. The number of alkyl halides is 2. The summed E-state index contributed by atoms with van der Waals surface area (Å²) in [5.41, 5.74) is 1.18.